The number of aliphatic hydroxyl groups is 4. The number of ether oxygens (including phenoxy) is 1. The normalized spacial score (nSPS) is 41.9. The Labute approximate surface area is 97.2 Å². The fourth-order valence-corrected chi connectivity index (χ4v) is 1.70. The number of rotatable bonds is 3. The van der Waals surface area contributed by atoms with Crippen LogP contribution in [-0.4, -0.2) is 67.7 Å². The first-order chi connectivity index (χ1) is 7.69. The summed E-state index contributed by atoms with van der Waals surface area (Å²) in [5.74, 6) is -4.30. The van der Waals surface area contributed by atoms with Gasteiger partial charge in [0, 0.05) is 6.42 Å². The van der Waals surface area contributed by atoms with Gasteiger partial charge in [0.25, 0.3) is 5.79 Å². The predicted octanol–water partition coefficient (Wildman–Crippen LogP) is -3.02. The van der Waals surface area contributed by atoms with Gasteiger partial charge in [-0.1, -0.05) is 0 Å². The quantitative estimate of drug-likeness (QED) is 0.310. The standard InChI is InChI=1S/C9H17NO7/c1-3(11)6(13)7-5(10)4(12)2-9(16,17-7)8(14)15/h3-7,11-13,16H,2,10H2,1H3,(H,14,15)/t3-,4+,5-,6-,7-,9+/m1/s1. The number of nitrogens with two attached hydrogens (primary N) is 1. The summed E-state index contributed by atoms with van der Waals surface area (Å²) >= 11 is 0. The minimum atomic E-state index is -2.62. The van der Waals surface area contributed by atoms with E-state index in [4.69, 9.17) is 15.6 Å². The van der Waals surface area contributed by atoms with E-state index in [0.717, 1.165) is 0 Å². The predicted molar refractivity (Wildman–Crippen MR) is 53.7 cm³/mol. The molecule has 0 amide bonds. The lowest BCUT2D eigenvalue weighted by molar-refractivity contribution is -0.291. The minimum Gasteiger partial charge on any atom is -0.477 e. The molecular weight excluding hydrogens is 234 g/mol. The van der Waals surface area contributed by atoms with Crippen LogP contribution in [0.15, 0.2) is 0 Å². The third-order valence-electron chi connectivity index (χ3n) is 2.81. The zero-order valence-electron chi connectivity index (χ0n) is 9.22. The van der Waals surface area contributed by atoms with Crippen molar-refractivity contribution in [1.82, 2.24) is 0 Å². The molecule has 100 valence electrons. The molecule has 0 spiro atoms. The van der Waals surface area contributed by atoms with Crippen LogP contribution in [0.2, 0.25) is 0 Å². The number of aliphatic carboxylic acids is 1. The molecule has 1 aliphatic rings. The highest BCUT2D eigenvalue weighted by Crippen LogP contribution is 2.29. The molecule has 0 aromatic carbocycles. The van der Waals surface area contributed by atoms with Gasteiger partial charge in [0.05, 0.1) is 18.2 Å². The van der Waals surface area contributed by atoms with E-state index in [2.05, 4.69) is 0 Å². The summed E-state index contributed by atoms with van der Waals surface area (Å²) in [7, 11) is 0. The summed E-state index contributed by atoms with van der Waals surface area (Å²) in [6.07, 6.45) is -6.09. The Kier molecular flexibility index (Phi) is 4.07. The SMILES string of the molecule is C[C@@H](O)[C@@H](O)[C@@H]1O[C@](O)(C(=O)O)C[C@H](O)[C@H]1N. The van der Waals surface area contributed by atoms with Gasteiger partial charge in [-0.25, -0.2) is 4.79 Å². The molecule has 0 radical (unpaired) electrons. The van der Waals surface area contributed by atoms with Crippen LogP contribution in [0.25, 0.3) is 0 Å². The molecule has 8 heteroatoms. The van der Waals surface area contributed by atoms with Gasteiger partial charge in [-0.05, 0) is 6.92 Å². The second-order valence-electron chi connectivity index (χ2n) is 4.25. The van der Waals surface area contributed by atoms with Gasteiger partial charge in [-0.3, -0.25) is 0 Å². The van der Waals surface area contributed by atoms with Gasteiger partial charge in [0.1, 0.15) is 12.2 Å². The number of hydrogen-bond acceptors (Lipinski definition) is 7. The second kappa shape index (κ2) is 4.84. The lowest BCUT2D eigenvalue weighted by atomic mass is 9.89. The minimum absolute atomic E-state index is 0.605. The Bertz CT molecular complexity index is 293. The Morgan fingerprint density at radius 2 is 2.06 bits per heavy atom. The van der Waals surface area contributed by atoms with Crippen LogP contribution in [0.3, 0.4) is 0 Å². The van der Waals surface area contributed by atoms with Crippen LogP contribution in [0, 0.1) is 0 Å². The third-order valence-corrected chi connectivity index (χ3v) is 2.81. The van der Waals surface area contributed by atoms with Gasteiger partial charge in [0.15, 0.2) is 0 Å². The van der Waals surface area contributed by atoms with Gasteiger partial charge >= 0.3 is 5.97 Å². The van der Waals surface area contributed by atoms with Crippen LogP contribution in [0.5, 0.6) is 0 Å². The highest BCUT2D eigenvalue weighted by atomic mass is 16.7. The Balaban J connectivity index is 2.93. The summed E-state index contributed by atoms with van der Waals surface area (Å²) < 4.78 is 4.80. The Morgan fingerprint density at radius 1 is 1.53 bits per heavy atom. The molecule has 0 aromatic rings. The highest BCUT2D eigenvalue weighted by Gasteiger charge is 2.52. The van der Waals surface area contributed by atoms with Crippen molar-refractivity contribution >= 4 is 5.97 Å². The van der Waals surface area contributed by atoms with Crippen molar-refractivity contribution in [2.75, 3.05) is 0 Å². The van der Waals surface area contributed by atoms with Crippen molar-refractivity contribution in [2.24, 2.45) is 5.73 Å². The summed E-state index contributed by atoms with van der Waals surface area (Å²) in [6.45, 7) is 1.25. The Hall–Kier alpha value is -0.770. The van der Waals surface area contributed by atoms with Crippen molar-refractivity contribution in [1.29, 1.82) is 0 Å². The summed E-state index contributed by atoms with van der Waals surface area (Å²) in [4.78, 5) is 10.8. The maximum absolute atomic E-state index is 10.8. The van der Waals surface area contributed by atoms with Crippen LogP contribution in [0.4, 0.5) is 0 Å². The van der Waals surface area contributed by atoms with E-state index in [-0.39, 0.29) is 0 Å². The Morgan fingerprint density at radius 3 is 2.47 bits per heavy atom. The van der Waals surface area contributed by atoms with Crippen LogP contribution in [0.1, 0.15) is 13.3 Å². The molecule has 0 aliphatic carbocycles. The van der Waals surface area contributed by atoms with E-state index in [1.165, 1.54) is 6.92 Å². The van der Waals surface area contributed by atoms with Crippen molar-refractivity contribution in [2.45, 2.75) is 49.6 Å². The summed E-state index contributed by atoms with van der Waals surface area (Å²) in [5, 5.41) is 46.7. The van der Waals surface area contributed by atoms with Crippen molar-refractivity contribution < 1.29 is 35.1 Å². The first-order valence-electron chi connectivity index (χ1n) is 5.12. The molecule has 1 saturated heterocycles. The van der Waals surface area contributed by atoms with Crippen molar-refractivity contribution in [3.8, 4) is 0 Å². The molecule has 1 aliphatic heterocycles. The topological polar surface area (TPSA) is 153 Å². The molecule has 1 fully saturated rings. The molecule has 0 saturated carbocycles. The molecule has 1 heterocycles. The fraction of sp³-hybridized carbons (Fsp3) is 0.889. The molecular formula is C9H17NO7. The molecule has 17 heavy (non-hydrogen) atoms. The third kappa shape index (κ3) is 2.73. The maximum atomic E-state index is 10.8. The van der Waals surface area contributed by atoms with E-state index < -0.39 is 48.6 Å². The first kappa shape index (κ1) is 14.3. The van der Waals surface area contributed by atoms with Gasteiger partial charge < -0.3 is 36.0 Å². The smallest absolute Gasteiger partial charge is 0.364 e. The number of carboxylic acid groups (broad SMARTS) is 1. The van der Waals surface area contributed by atoms with Crippen molar-refractivity contribution in [3.63, 3.8) is 0 Å². The maximum Gasteiger partial charge on any atom is 0.364 e. The van der Waals surface area contributed by atoms with E-state index in [1.807, 2.05) is 0 Å². The van der Waals surface area contributed by atoms with E-state index in [9.17, 15) is 25.2 Å². The lowest BCUT2D eigenvalue weighted by Crippen LogP contribution is -2.65. The van der Waals surface area contributed by atoms with Gasteiger partial charge in [-0.2, -0.15) is 0 Å². The number of aliphatic hydroxyl groups excluding tert-OH is 3. The molecule has 1 rings (SSSR count). The first-order valence-corrected chi connectivity index (χ1v) is 5.12. The zero-order chi connectivity index (χ0) is 13.4. The molecule has 7 N–H and O–H groups in total. The second-order valence-corrected chi connectivity index (χ2v) is 4.25. The molecule has 0 unspecified atom stereocenters. The van der Waals surface area contributed by atoms with E-state index >= 15 is 0 Å². The largest absolute Gasteiger partial charge is 0.477 e. The summed E-state index contributed by atoms with van der Waals surface area (Å²) in [5.41, 5.74) is 5.53. The van der Waals surface area contributed by atoms with Crippen LogP contribution in [-0.2, 0) is 9.53 Å². The van der Waals surface area contributed by atoms with E-state index in [0.29, 0.717) is 0 Å². The number of carboxylic acids is 1. The molecule has 0 aromatic heterocycles. The zero-order valence-corrected chi connectivity index (χ0v) is 9.22. The van der Waals surface area contributed by atoms with Crippen LogP contribution < -0.4 is 5.73 Å². The monoisotopic (exact) mass is 251 g/mol. The van der Waals surface area contributed by atoms with Gasteiger partial charge in [-0.15, -0.1) is 0 Å². The highest BCUT2D eigenvalue weighted by molar-refractivity contribution is 5.75. The average molecular weight is 251 g/mol. The fourth-order valence-electron chi connectivity index (χ4n) is 1.70. The van der Waals surface area contributed by atoms with Gasteiger partial charge in [0.2, 0.25) is 0 Å². The number of hydrogen-bond donors (Lipinski definition) is 6. The molecule has 6 atom stereocenters. The van der Waals surface area contributed by atoms with Crippen molar-refractivity contribution in [3.05, 3.63) is 0 Å². The average Bonchev–Trinajstić information content (AvgIpc) is 2.22. The van der Waals surface area contributed by atoms with E-state index in [1.54, 1.807) is 0 Å². The molecule has 8 nitrogen and oxygen atoms in total. The van der Waals surface area contributed by atoms with Crippen LogP contribution >= 0.6 is 0 Å². The molecule has 0 bridgehead atoms. The summed E-state index contributed by atoms with van der Waals surface area (Å²) in [6, 6.07) is -1.10. The lowest BCUT2D eigenvalue weighted by Gasteiger charge is -2.42. The number of carbonyl (C=O) groups is 1.